The van der Waals surface area contributed by atoms with Gasteiger partial charge in [0.1, 0.15) is 0 Å². The van der Waals surface area contributed by atoms with Crippen molar-refractivity contribution in [3.8, 4) is 5.69 Å². The summed E-state index contributed by atoms with van der Waals surface area (Å²) >= 11 is 0. The lowest BCUT2D eigenvalue weighted by Crippen LogP contribution is -2.25. The van der Waals surface area contributed by atoms with Crippen LogP contribution in [-0.4, -0.2) is 36.3 Å². The molecule has 1 aromatic heterocycles. The summed E-state index contributed by atoms with van der Waals surface area (Å²) in [5.41, 5.74) is 3.80. The van der Waals surface area contributed by atoms with Crippen LogP contribution in [-0.2, 0) is 6.42 Å². The van der Waals surface area contributed by atoms with Crippen LogP contribution in [0.4, 0.5) is 5.69 Å². The van der Waals surface area contributed by atoms with E-state index in [1.807, 2.05) is 90.7 Å². The number of nitrogens with zero attached hydrogens (tertiary/aromatic N) is 3. The molecule has 0 bridgehead atoms. The minimum Gasteiger partial charge on any atom is -0.378 e. The van der Waals surface area contributed by atoms with E-state index in [1.54, 1.807) is 0 Å². The van der Waals surface area contributed by atoms with Crippen LogP contribution in [0.5, 0.6) is 0 Å². The fourth-order valence-corrected chi connectivity index (χ4v) is 2.56. The quantitative estimate of drug-likeness (QED) is 0.754. The monoisotopic (exact) mass is 334 g/mol. The maximum Gasteiger partial charge on any atom is 0.251 e. The Labute approximate surface area is 147 Å². The second-order valence-corrected chi connectivity index (χ2v) is 6.08. The van der Waals surface area contributed by atoms with E-state index in [2.05, 4.69) is 10.4 Å². The molecule has 5 nitrogen and oxygen atoms in total. The number of para-hydroxylation sites is 1. The lowest BCUT2D eigenvalue weighted by Gasteiger charge is -2.13. The number of nitrogens with one attached hydrogen (secondary N) is 1. The Morgan fingerprint density at radius 1 is 1.12 bits per heavy atom. The normalized spacial score (nSPS) is 10.5. The first kappa shape index (κ1) is 16.8. The Bertz CT molecular complexity index is 840. The lowest BCUT2D eigenvalue weighted by molar-refractivity contribution is 0.0954. The topological polar surface area (TPSA) is 50.2 Å². The number of rotatable bonds is 6. The van der Waals surface area contributed by atoms with Gasteiger partial charge in [-0.2, -0.15) is 5.10 Å². The van der Waals surface area contributed by atoms with E-state index in [9.17, 15) is 4.79 Å². The van der Waals surface area contributed by atoms with Gasteiger partial charge in [-0.25, -0.2) is 4.68 Å². The van der Waals surface area contributed by atoms with Gasteiger partial charge in [-0.15, -0.1) is 0 Å². The van der Waals surface area contributed by atoms with Gasteiger partial charge in [0.25, 0.3) is 5.91 Å². The Hall–Kier alpha value is -3.08. The van der Waals surface area contributed by atoms with E-state index in [0.29, 0.717) is 12.1 Å². The van der Waals surface area contributed by atoms with Gasteiger partial charge in [0, 0.05) is 38.1 Å². The second-order valence-electron chi connectivity index (χ2n) is 6.08. The first-order chi connectivity index (χ1) is 12.1. The van der Waals surface area contributed by atoms with Gasteiger partial charge in [-0.3, -0.25) is 4.79 Å². The van der Waals surface area contributed by atoms with Crippen molar-refractivity contribution in [1.29, 1.82) is 0 Å². The molecule has 0 fully saturated rings. The molecule has 0 unspecified atom stereocenters. The summed E-state index contributed by atoms with van der Waals surface area (Å²) < 4.78 is 1.84. The predicted molar refractivity (Wildman–Crippen MR) is 100 cm³/mol. The number of amides is 1. The molecule has 0 saturated carbocycles. The molecule has 1 N–H and O–H groups in total. The molecule has 0 spiro atoms. The molecular formula is C20H22N4O. The number of carbonyl (C=O) groups excluding carboxylic acids is 1. The van der Waals surface area contributed by atoms with E-state index < -0.39 is 0 Å². The van der Waals surface area contributed by atoms with Gasteiger partial charge in [0.05, 0.1) is 11.9 Å². The molecule has 0 radical (unpaired) electrons. The number of hydrogen-bond donors (Lipinski definition) is 1. The Morgan fingerprint density at radius 2 is 1.92 bits per heavy atom. The van der Waals surface area contributed by atoms with Crippen molar-refractivity contribution in [3.63, 3.8) is 0 Å². The molecule has 0 aliphatic rings. The van der Waals surface area contributed by atoms with Gasteiger partial charge in [0.2, 0.25) is 0 Å². The van der Waals surface area contributed by atoms with Crippen molar-refractivity contribution in [1.82, 2.24) is 15.1 Å². The van der Waals surface area contributed by atoms with Crippen LogP contribution in [0.2, 0.25) is 0 Å². The molecule has 1 amide bonds. The Morgan fingerprint density at radius 3 is 2.68 bits per heavy atom. The number of hydrogen-bond acceptors (Lipinski definition) is 3. The average Bonchev–Trinajstić information content (AvgIpc) is 3.11. The standard InChI is InChI=1S/C20H22N4O/c1-23(2)19-10-6-7-17(13-19)20(25)21-12-11-16-14-22-24(15-16)18-8-4-3-5-9-18/h3-10,13-15H,11-12H2,1-2H3,(H,21,25). The lowest BCUT2D eigenvalue weighted by atomic mass is 10.1. The van der Waals surface area contributed by atoms with E-state index in [1.165, 1.54) is 0 Å². The summed E-state index contributed by atoms with van der Waals surface area (Å²) in [6.45, 7) is 0.575. The molecule has 1 heterocycles. The third-order valence-corrected chi connectivity index (χ3v) is 3.98. The molecule has 128 valence electrons. The minimum atomic E-state index is -0.0563. The van der Waals surface area contributed by atoms with Gasteiger partial charge in [-0.1, -0.05) is 24.3 Å². The van der Waals surface area contributed by atoms with Crippen LogP contribution >= 0.6 is 0 Å². The molecule has 0 saturated heterocycles. The number of anilines is 1. The maximum absolute atomic E-state index is 12.3. The van der Waals surface area contributed by atoms with E-state index >= 15 is 0 Å². The van der Waals surface area contributed by atoms with Crippen LogP contribution in [0.3, 0.4) is 0 Å². The highest BCUT2D eigenvalue weighted by atomic mass is 16.1. The van der Waals surface area contributed by atoms with Gasteiger partial charge in [-0.05, 0) is 42.3 Å². The molecule has 0 aliphatic carbocycles. The largest absolute Gasteiger partial charge is 0.378 e. The van der Waals surface area contributed by atoms with Gasteiger partial charge >= 0.3 is 0 Å². The SMILES string of the molecule is CN(C)c1cccc(C(=O)NCCc2cnn(-c3ccccc3)c2)c1. The highest BCUT2D eigenvalue weighted by Crippen LogP contribution is 2.13. The summed E-state index contributed by atoms with van der Waals surface area (Å²) in [7, 11) is 3.92. The van der Waals surface area contributed by atoms with Crippen LogP contribution in [0.25, 0.3) is 5.69 Å². The zero-order valence-corrected chi connectivity index (χ0v) is 14.5. The molecule has 2 aromatic carbocycles. The highest BCUT2D eigenvalue weighted by Gasteiger charge is 2.07. The summed E-state index contributed by atoms with van der Waals surface area (Å²) in [5, 5.41) is 7.34. The molecule has 3 rings (SSSR count). The second kappa shape index (κ2) is 7.66. The molecule has 3 aromatic rings. The molecule has 25 heavy (non-hydrogen) atoms. The molecular weight excluding hydrogens is 312 g/mol. The maximum atomic E-state index is 12.3. The minimum absolute atomic E-state index is 0.0563. The zero-order valence-electron chi connectivity index (χ0n) is 14.5. The molecule has 0 aliphatic heterocycles. The smallest absolute Gasteiger partial charge is 0.251 e. The van der Waals surface area contributed by atoms with E-state index in [-0.39, 0.29) is 5.91 Å². The van der Waals surface area contributed by atoms with Crippen LogP contribution in [0.1, 0.15) is 15.9 Å². The van der Waals surface area contributed by atoms with Crippen molar-refractivity contribution in [2.24, 2.45) is 0 Å². The average molecular weight is 334 g/mol. The summed E-state index contributed by atoms with van der Waals surface area (Å²) in [6, 6.07) is 17.6. The van der Waals surface area contributed by atoms with E-state index in [0.717, 1.165) is 23.4 Å². The third kappa shape index (κ3) is 4.26. The van der Waals surface area contributed by atoms with Gasteiger partial charge in [0.15, 0.2) is 0 Å². The van der Waals surface area contributed by atoms with Crippen molar-refractivity contribution >= 4 is 11.6 Å². The number of benzene rings is 2. The first-order valence-electron chi connectivity index (χ1n) is 8.28. The molecule has 0 atom stereocenters. The summed E-state index contributed by atoms with van der Waals surface area (Å²) in [6.07, 6.45) is 4.58. The van der Waals surface area contributed by atoms with E-state index in [4.69, 9.17) is 0 Å². The summed E-state index contributed by atoms with van der Waals surface area (Å²) in [4.78, 5) is 14.3. The van der Waals surface area contributed by atoms with Crippen molar-refractivity contribution in [3.05, 3.63) is 78.1 Å². The number of carbonyl (C=O) groups is 1. The fourth-order valence-electron chi connectivity index (χ4n) is 2.56. The van der Waals surface area contributed by atoms with Crippen molar-refractivity contribution in [2.75, 3.05) is 25.5 Å². The van der Waals surface area contributed by atoms with Crippen LogP contribution < -0.4 is 10.2 Å². The van der Waals surface area contributed by atoms with Crippen LogP contribution in [0.15, 0.2) is 67.0 Å². The molecule has 5 heteroatoms. The predicted octanol–water partition coefficient (Wildman–Crippen LogP) is 2.91. The van der Waals surface area contributed by atoms with Crippen LogP contribution in [0, 0.1) is 0 Å². The highest BCUT2D eigenvalue weighted by molar-refractivity contribution is 5.95. The fraction of sp³-hybridized carbons (Fsp3) is 0.200. The Kier molecular flexibility index (Phi) is 5.14. The Balaban J connectivity index is 1.55. The number of aromatic nitrogens is 2. The van der Waals surface area contributed by atoms with Crippen molar-refractivity contribution in [2.45, 2.75) is 6.42 Å². The first-order valence-corrected chi connectivity index (χ1v) is 8.28. The van der Waals surface area contributed by atoms with Gasteiger partial charge < -0.3 is 10.2 Å². The van der Waals surface area contributed by atoms with Crippen molar-refractivity contribution < 1.29 is 4.79 Å². The zero-order chi connectivity index (χ0) is 17.6. The third-order valence-electron chi connectivity index (χ3n) is 3.98. The summed E-state index contributed by atoms with van der Waals surface area (Å²) in [5.74, 6) is -0.0563.